The van der Waals surface area contributed by atoms with Crippen LogP contribution in [-0.4, -0.2) is 29.6 Å². The Morgan fingerprint density at radius 1 is 1.44 bits per heavy atom. The average Bonchev–Trinajstić information content (AvgIpc) is 2.34. The first-order valence-corrected chi connectivity index (χ1v) is 5.88. The minimum atomic E-state index is -1.79. The first kappa shape index (κ1) is 14.7. The van der Waals surface area contributed by atoms with E-state index < -0.39 is 18.8 Å². The lowest BCUT2D eigenvalue weighted by Crippen LogP contribution is -2.33. The Labute approximate surface area is 106 Å². The van der Waals surface area contributed by atoms with Crippen LogP contribution in [0.25, 0.3) is 0 Å². The van der Waals surface area contributed by atoms with Crippen LogP contribution in [0.3, 0.4) is 0 Å². The van der Waals surface area contributed by atoms with Crippen molar-refractivity contribution in [2.24, 2.45) is 5.92 Å². The second-order valence-electron chi connectivity index (χ2n) is 4.37. The molecule has 0 heterocycles. The van der Waals surface area contributed by atoms with Gasteiger partial charge in [-0.15, -0.1) is 0 Å². The molecule has 1 aromatic carbocycles. The van der Waals surface area contributed by atoms with Crippen LogP contribution in [0.1, 0.15) is 30.6 Å². The minimum absolute atomic E-state index is 0.0383. The van der Waals surface area contributed by atoms with Gasteiger partial charge in [0.05, 0.1) is 0 Å². The van der Waals surface area contributed by atoms with Crippen LogP contribution < -0.4 is 10.8 Å². The van der Waals surface area contributed by atoms with Crippen LogP contribution in [0.2, 0.25) is 0 Å². The molecule has 1 unspecified atom stereocenters. The molecule has 98 valence electrons. The summed E-state index contributed by atoms with van der Waals surface area (Å²) < 4.78 is 13.2. The molecule has 0 aliphatic carbocycles. The van der Waals surface area contributed by atoms with E-state index in [1.807, 2.05) is 13.8 Å². The third kappa shape index (κ3) is 4.12. The largest absolute Gasteiger partial charge is 0.488 e. The maximum absolute atomic E-state index is 13.2. The Balaban J connectivity index is 2.79. The molecule has 6 heteroatoms. The highest BCUT2D eigenvalue weighted by atomic mass is 19.1. The number of nitrogens with one attached hydrogen (secondary N) is 1. The molecule has 0 saturated heterocycles. The second-order valence-corrected chi connectivity index (χ2v) is 4.37. The zero-order valence-corrected chi connectivity index (χ0v) is 10.5. The van der Waals surface area contributed by atoms with Crippen LogP contribution in [0.5, 0.6) is 0 Å². The third-order valence-electron chi connectivity index (χ3n) is 2.79. The normalized spacial score (nSPS) is 12.1. The molecule has 4 nitrogen and oxygen atoms in total. The quantitative estimate of drug-likeness (QED) is 0.660. The van der Waals surface area contributed by atoms with Gasteiger partial charge in [-0.05, 0) is 29.6 Å². The predicted molar refractivity (Wildman–Crippen MR) is 68.0 cm³/mol. The van der Waals surface area contributed by atoms with Gasteiger partial charge in [-0.3, -0.25) is 4.79 Å². The smallest absolute Gasteiger partial charge is 0.423 e. The second kappa shape index (κ2) is 6.51. The van der Waals surface area contributed by atoms with Gasteiger partial charge in [0.1, 0.15) is 5.82 Å². The van der Waals surface area contributed by atoms with Crippen molar-refractivity contribution in [3.8, 4) is 0 Å². The number of halogens is 1. The Bertz CT molecular complexity index is 426. The minimum Gasteiger partial charge on any atom is -0.423 e. The van der Waals surface area contributed by atoms with Crippen LogP contribution in [-0.2, 0) is 0 Å². The standard InChI is InChI=1S/C12H17BFNO3/c1-3-8(2)7-15-12(16)9-4-10(13(17)18)6-11(14)5-9/h4-6,8,17-18H,3,7H2,1-2H3,(H,15,16). The molecule has 1 atom stereocenters. The van der Waals surface area contributed by atoms with Crippen molar-refractivity contribution in [2.45, 2.75) is 20.3 Å². The number of hydrogen-bond donors (Lipinski definition) is 3. The van der Waals surface area contributed by atoms with E-state index in [-0.39, 0.29) is 11.0 Å². The van der Waals surface area contributed by atoms with E-state index in [1.165, 1.54) is 6.07 Å². The van der Waals surface area contributed by atoms with Crippen molar-refractivity contribution in [2.75, 3.05) is 6.54 Å². The third-order valence-corrected chi connectivity index (χ3v) is 2.79. The van der Waals surface area contributed by atoms with Crippen molar-refractivity contribution in [3.63, 3.8) is 0 Å². The van der Waals surface area contributed by atoms with Gasteiger partial charge < -0.3 is 15.4 Å². The Morgan fingerprint density at radius 3 is 2.67 bits per heavy atom. The molecule has 1 rings (SSSR count). The summed E-state index contributed by atoms with van der Waals surface area (Å²) in [5.41, 5.74) is 0.0464. The van der Waals surface area contributed by atoms with E-state index in [0.717, 1.165) is 18.6 Å². The van der Waals surface area contributed by atoms with Crippen LogP contribution in [0, 0.1) is 11.7 Å². The number of amides is 1. The van der Waals surface area contributed by atoms with Crippen molar-refractivity contribution >= 4 is 18.5 Å². The maximum atomic E-state index is 13.2. The van der Waals surface area contributed by atoms with Gasteiger partial charge in [-0.2, -0.15) is 0 Å². The van der Waals surface area contributed by atoms with Crippen LogP contribution in [0.15, 0.2) is 18.2 Å². The van der Waals surface area contributed by atoms with E-state index >= 15 is 0 Å². The van der Waals surface area contributed by atoms with Crippen molar-refractivity contribution in [1.29, 1.82) is 0 Å². The highest BCUT2D eigenvalue weighted by Crippen LogP contribution is 2.04. The van der Waals surface area contributed by atoms with E-state index in [4.69, 9.17) is 10.0 Å². The van der Waals surface area contributed by atoms with Gasteiger partial charge in [-0.1, -0.05) is 20.3 Å². The summed E-state index contributed by atoms with van der Waals surface area (Å²) in [5, 5.41) is 20.6. The van der Waals surface area contributed by atoms with Gasteiger partial charge >= 0.3 is 7.12 Å². The SMILES string of the molecule is CCC(C)CNC(=O)c1cc(F)cc(B(O)O)c1. The number of hydrogen-bond acceptors (Lipinski definition) is 3. The molecule has 0 aromatic heterocycles. The zero-order valence-electron chi connectivity index (χ0n) is 10.5. The molecule has 0 bridgehead atoms. The average molecular weight is 253 g/mol. The van der Waals surface area contributed by atoms with Crippen molar-refractivity contribution < 1.29 is 19.2 Å². The fraction of sp³-hybridized carbons (Fsp3) is 0.417. The van der Waals surface area contributed by atoms with E-state index in [1.54, 1.807) is 0 Å². The maximum Gasteiger partial charge on any atom is 0.488 e. The molecule has 0 aliphatic rings. The summed E-state index contributed by atoms with van der Waals surface area (Å²) >= 11 is 0. The molecule has 0 fully saturated rings. The van der Waals surface area contributed by atoms with Gasteiger partial charge in [0, 0.05) is 12.1 Å². The summed E-state index contributed by atoms with van der Waals surface area (Å²) in [6, 6.07) is 3.31. The Morgan fingerprint density at radius 2 is 2.11 bits per heavy atom. The number of rotatable bonds is 5. The summed E-state index contributed by atoms with van der Waals surface area (Å²) in [6.45, 7) is 4.51. The number of benzene rings is 1. The molecule has 0 radical (unpaired) electrons. The number of carbonyl (C=O) groups excluding carboxylic acids is 1. The topological polar surface area (TPSA) is 69.6 Å². The molecule has 0 aliphatic heterocycles. The summed E-state index contributed by atoms with van der Waals surface area (Å²) in [4.78, 5) is 11.8. The molecule has 1 amide bonds. The molecule has 0 saturated carbocycles. The lowest BCUT2D eigenvalue weighted by molar-refractivity contribution is 0.0947. The van der Waals surface area contributed by atoms with Gasteiger partial charge in [-0.25, -0.2) is 4.39 Å². The van der Waals surface area contributed by atoms with Crippen LogP contribution >= 0.6 is 0 Å². The summed E-state index contributed by atoms with van der Waals surface area (Å²) in [5.74, 6) is -0.753. The number of carbonyl (C=O) groups is 1. The van der Waals surface area contributed by atoms with E-state index in [9.17, 15) is 9.18 Å². The van der Waals surface area contributed by atoms with Crippen molar-refractivity contribution in [1.82, 2.24) is 5.32 Å². The lowest BCUT2D eigenvalue weighted by Gasteiger charge is -2.11. The first-order valence-electron chi connectivity index (χ1n) is 5.88. The highest BCUT2D eigenvalue weighted by Gasteiger charge is 2.16. The molecular formula is C12H17BFNO3. The molecule has 3 N–H and O–H groups in total. The van der Waals surface area contributed by atoms with Gasteiger partial charge in [0.2, 0.25) is 0 Å². The van der Waals surface area contributed by atoms with Crippen molar-refractivity contribution in [3.05, 3.63) is 29.6 Å². The monoisotopic (exact) mass is 253 g/mol. The molecule has 1 aromatic rings. The fourth-order valence-electron chi connectivity index (χ4n) is 1.41. The summed E-state index contributed by atoms with van der Waals surface area (Å²) in [7, 11) is -1.79. The summed E-state index contributed by atoms with van der Waals surface area (Å²) in [6.07, 6.45) is 0.935. The van der Waals surface area contributed by atoms with Gasteiger partial charge in [0.15, 0.2) is 0 Å². The van der Waals surface area contributed by atoms with E-state index in [2.05, 4.69) is 5.32 Å². The molecule has 0 spiro atoms. The molecular weight excluding hydrogens is 236 g/mol. The van der Waals surface area contributed by atoms with E-state index in [0.29, 0.717) is 12.5 Å². The highest BCUT2D eigenvalue weighted by molar-refractivity contribution is 6.58. The predicted octanol–water partition coefficient (Wildman–Crippen LogP) is 0.281. The zero-order chi connectivity index (χ0) is 13.7. The Hall–Kier alpha value is -1.40. The Kier molecular flexibility index (Phi) is 5.31. The lowest BCUT2D eigenvalue weighted by atomic mass is 9.79. The van der Waals surface area contributed by atoms with Gasteiger partial charge in [0.25, 0.3) is 5.91 Å². The first-order chi connectivity index (χ1) is 8.43. The van der Waals surface area contributed by atoms with Crippen LogP contribution in [0.4, 0.5) is 4.39 Å². The fourth-order valence-corrected chi connectivity index (χ4v) is 1.41. The molecule has 18 heavy (non-hydrogen) atoms.